The predicted octanol–water partition coefficient (Wildman–Crippen LogP) is -0.411. The number of fused-ring (bicyclic) bond motifs is 3. The Morgan fingerprint density at radius 1 is 1.54 bits per heavy atom. The topological polar surface area (TPSA) is 40.5 Å². The van der Waals surface area contributed by atoms with Crippen LogP contribution in [0.5, 0.6) is 0 Å². The molecule has 1 aliphatic carbocycles. The van der Waals surface area contributed by atoms with Gasteiger partial charge in [-0.05, 0) is 25.3 Å². The maximum Gasteiger partial charge on any atom is 0.293 e. The minimum Gasteiger partial charge on any atom is -0.390 e. The Morgan fingerprint density at radius 2 is 2.31 bits per heavy atom. The van der Waals surface area contributed by atoms with Crippen LogP contribution in [0, 0.1) is 5.92 Å². The smallest absolute Gasteiger partial charge is 0.293 e. The van der Waals surface area contributed by atoms with Crippen LogP contribution in [0.15, 0.2) is 0 Å². The summed E-state index contributed by atoms with van der Waals surface area (Å²) in [6.45, 7) is 0.616. The lowest BCUT2D eigenvalue weighted by atomic mass is 9.72. The van der Waals surface area contributed by atoms with Gasteiger partial charge in [-0.1, -0.05) is 0 Å². The van der Waals surface area contributed by atoms with E-state index in [4.69, 9.17) is 0 Å². The summed E-state index contributed by atoms with van der Waals surface area (Å²) in [5.74, 6) is -0.00352. The van der Waals surface area contributed by atoms with E-state index < -0.39 is 12.3 Å². The number of nitrogens with zero attached hydrogens (tertiary/aromatic N) is 1. The lowest BCUT2D eigenvalue weighted by molar-refractivity contribution is -0.0812. The number of aliphatic hydroxyl groups excluding tert-OH is 1. The zero-order chi connectivity index (χ0) is 9.42. The minimum absolute atomic E-state index is 0.00352. The van der Waals surface area contributed by atoms with Crippen LogP contribution in [0.25, 0.3) is 0 Å². The Kier molecular flexibility index (Phi) is 2.38. The van der Waals surface area contributed by atoms with Crippen LogP contribution in [-0.4, -0.2) is 48.4 Å². The van der Waals surface area contributed by atoms with E-state index in [1.165, 1.54) is 7.41 Å². The van der Waals surface area contributed by atoms with Crippen molar-refractivity contribution < 1.29 is 14.3 Å². The van der Waals surface area contributed by atoms with Crippen molar-refractivity contribution in [3.8, 4) is 0 Å². The molecule has 0 spiro atoms. The van der Waals surface area contributed by atoms with Gasteiger partial charge in [0, 0.05) is 6.04 Å². The molecule has 2 unspecified atom stereocenters. The summed E-state index contributed by atoms with van der Waals surface area (Å²) in [6.07, 6.45) is 0.279. The molecule has 0 aromatic heterocycles. The van der Waals surface area contributed by atoms with Crippen LogP contribution in [-0.2, 0) is 4.79 Å². The largest absolute Gasteiger partial charge is 0.390 e. The highest BCUT2D eigenvalue weighted by Crippen LogP contribution is 2.36. The average molecular weight is 184 g/mol. The average Bonchev–Trinajstić information content (AvgIpc) is 2.14. The van der Waals surface area contributed by atoms with E-state index in [0.717, 1.165) is 12.8 Å². The van der Waals surface area contributed by atoms with Crippen molar-refractivity contribution in [1.29, 1.82) is 0 Å². The van der Waals surface area contributed by atoms with Gasteiger partial charge in [-0.2, -0.15) is 0 Å². The highest BCUT2D eigenvalue weighted by Gasteiger charge is 2.46. The van der Waals surface area contributed by atoms with Gasteiger partial charge >= 0.3 is 0 Å². The SMILES string of the molecule is O=C[B]N1CC2CCC1[C@@H](F)[C@H]2O. The summed E-state index contributed by atoms with van der Waals surface area (Å²) in [5.41, 5.74) is 0. The Labute approximate surface area is 77.2 Å². The highest BCUT2D eigenvalue weighted by atomic mass is 19.1. The first kappa shape index (κ1) is 9.15. The fraction of sp³-hybridized carbons (Fsp3) is 0.875. The maximum absolute atomic E-state index is 13.4. The summed E-state index contributed by atoms with van der Waals surface area (Å²) in [5, 5.41) is 9.45. The van der Waals surface area contributed by atoms with E-state index in [-0.39, 0.29) is 12.0 Å². The Balaban J connectivity index is 2.09. The monoisotopic (exact) mass is 184 g/mol. The maximum atomic E-state index is 13.4. The molecule has 1 radical (unpaired) electrons. The number of piperidine rings is 2. The molecule has 4 atom stereocenters. The molecule has 3 nitrogen and oxygen atoms in total. The van der Waals surface area contributed by atoms with Crippen molar-refractivity contribution in [1.82, 2.24) is 4.81 Å². The third-order valence-electron chi connectivity index (χ3n) is 3.13. The molecule has 2 heterocycles. The van der Waals surface area contributed by atoms with Gasteiger partial charge in [0.15, 0.2) is 0 Å². The van der Waals surface area contributed by atoms with E-state index in [2.05, 4.69) is 0 Å². The molecule has 2 saturated heterocycles. The van der Waals surface area contributed by atoms with Crippen molar-refractivity contribution in [2.24, 2.45) is 5.92 Å². The van der Waals surface area contributed by atoms with E-state index in [1.54, 1.807) is 4.81 Å². The Bertz CT molecular complexity index is 214. The first-order chi connectivity index (χ1) is 6.24. The van der Waals surface area contributed by atoms with Crippen molar-refractivity contribution in [3.63, 3.8) is 0 Å². The molecule has 13 heavy (non-hydrogen) atoms. The van der Waals surface area contributed by atoms with Crippen LogP contribution in [0.2, 0.25) is 0 Å². The molecule has 5 heteroatoms. The molecule has 3 fully saturated rings. The second-order valence-corrected chi connectivity index (χ2v) is 3.82. The van der Waals surface area contributed by atoms with Gasteiger partial charge in [0.2, 0.25) is 0 Å². The standard InChI is InChI=1S/C8H12BFNO2/c10-7-6-2-1-5(8(7)13)3-11(6)9-4-12/h4-8,13H,1-3H2/t5?,6?,7-,8+/m1/s1. The van der Waals surface area contributed by atoms with Crippen molar-refractivity contribution in [2.45, 2.75) is 31.2 Å². The lowest BCUT2D eigenvalue weighted by Gasteiger charge is -2.49. The van der Waals surface area contributed by atoms with Crippen LogP contribution in [0.1, 0.15) is 12.8 Å². The molecule has 0 aromatic carbocycles. The molecule has 2 bridgehead atoms. The zero-order valence-corrected chi connectivity index (χ0v) is 7.27. The van der Waals surface area contributed by atoms with Crippen LogP contribution >= 0.6 is 0 Å². The molecule has 0 amide bonds. The quantitative estimate of drug-likeness (QED) is 0.468. The highest BCUT2D eigenvalue weighted by molar-refractivity contribution is 6.64. The van der Waals surface area contributed by atoms with Gasteiger partial charge in [0.1, 0.15) is 6.17 Å². The molecule has 3 aliphatic rings. The van der Waals surface area contributed by atoms with Crippen LogP contribution in [0.4, 0.5) is 4.39 Å². The molecule has 1 N–H and O–H groups in total. The number of hydrogen-bond acceptors (Lipinski definition) is 3. The van der Waals surface area contributed by atoms with E-state index in [0.29, 0.717) is 12.7 Å². The number of halogens is 1. The third-order valence-corrected chi connectivity index (χ3v) is 3.13. The molecule has 0 aromatic rings. The second kappa shape index (κ2) is 3.38. The first-order valence-corrected chi connectivity index (χ1v) is 4.60. The minimum atomic E-state index is -1.19. The van der Waals surface area contributed by atoms with Gasteiger partial charge in [-0.25, -0.2) is 4.39 Å². The van der Waals surface area contributed by atoms with Crippen molar-refractivity contribution >= 4 is 13.6 Å². The summed E-state index contributed by atoms with van der Waals surface area (Å²) in [4.78, 5) is 12.0. The van der Waals surface area contributed by atoms with Gasteiger partial charge in [0.05, 0.1) is 12.3 Å². The molecular weight excluding hydrogens is 172 g/mol. The zero-order valence-electron chi connectivity index (χ0n) is 7.27. The number of aliphatic hydroxyl groups is 1. The number of carbonyl (C=O) groups excluding carboxylic acids is 1. The Morgan fingerprint density at radius 3 is 2.92 bits per heavy atom. The van der Waals surface area contributed by atoms with Crippen molar-refractivity contribution in [3.05, 3.63) is 0 Å². The van der Waals surface area contributed by atoms with E-state index in [9.17, 15) is 14.3 Å². The number of rotatable bonds is 2. The van der Waals surface area contributed by atoms with Crippen LogP contribution < -0.4 is 0 Å². The van der Waals surface area contributed by atoms with E-state index >= 15 is 0 Å². The molecule has 71 valence electrons. The summed E-state index contributed by atoms with van der Waals surface area (Å²) < 4.78 is 13.4. The van der Waals surface area contributed by atoms with Gasteiger partial charge in [-0.3, -0.25) is 0 Å². The fourth-order valence-corrected chi connectivity index (χ4v) is 2.41. The Hall–Kier alpha value is -0.415. The molecule has 3 rings (SSSR count). The van der Waals surface area contributed by atoms with Gasteiger partial charge < -0.3 is 14.7 Å². The van der Waals surface area contributed by atoms with Gasteiger partial charge in [0.25, 0.3) is 7.41 Å². The summed E-state index contributed by atoms with van der Waals surface area (Å²) >= 11 is 0. The molecule has 1 saturated carbocycles. The molecular formula is C8H12BFNO2. The predicted molar refractivity (Wildman–Crippen MR) is 46.6 cm³/mol. The second-order valence-electron chi connectivity index (χ2n) is 3.82. The summed E-state index contributed by atoms with van der Waals surface area (Å²) in [6, 6.07) is -0.287. The van der Waals surface area contributed by atoms with Gasteiger partial charge in [-0.15, -0.1) is 0 Å². The lowest BCUT2D eigenvalue weighted by Crippen LogP contribution is -2.62. The fourth-order valence-electron chi connectivity index (χ4n) is 2.41. The normalized spacial score (nSPS) is 44.8. The number of alkyl halides is 1. The van der Waals surface area contributed by atoms with Crippen molar-refractivity contribution in [2.75, 3.05) is 6.54 Å². The number of carbonyl (C=O) groups is 1. The summed E-state index contributed by atoms with van der Waals surface area (Å²) in [7, 11) is 1.38. The van der Waals surface area contributed by atoms with E-state index in [1.807, 2.05) is 0 Å². The third kappa shape index (κ3) is 1.40. The molecule has 2 aliphatic heterocycles. The number of hydrogen-bond donors (Lipinski definition) is 1. The first-order valence-electron chi connectivity index (χ1n) is 4.60. The van der Waals surface area contributed by atoms with Crippen LogP contribution in [0.3, 0.4) is 0 Å².